The summed E-state index contributed by atoms with van der Waals surface area (Å²) >= 11 is -1.42. The summed E-state index contributed by atoms with van der Waals surface area (Å²) in [4.78, 5) is 40.5. The summed E-state index contributed by atoms with van der Waals surface area (Å²) in [6.45, 7) is 1.84. The Kier molecular flexibility index (Phi) is 6.93. The molecule has 4 rings (SSSR count). The van der Waals surface area contributed by atoms with Crippen LogP contribution < -0.4 is 5.73 Å². The van der Waals surface area contributed by atoms with E-state index in [1.165, 1.54) is 31.1 Å². The molecule has 0 aromatic heterocycles. The number of likely N-dealkylation sites (N-methyl/N-ethyl adjacent to an activating group) is 1. The van der Waals surface area contributed by atoms with Crippen molar-refractivity contribution in [2.45, 2.75) is 37.0 Å². The molecule has 0 aliphatic heterocycles. The second-order valence-corrected chi connectivity index (χ2v) is 11.5. The molecule has 11 nitrogen and oxygen atoms in total. The molecule has 0 saturated carbocycles. The van der Waals surface area contributed by atoms with Crippen molar-refractivity contribution in [3.05, 3.63) is 52.0 Å². The highest BCUT2D eigenvalue weighted by Crippen LogP contribution is 2.55. The lowest BCUT2D eigenvalue weighted by Crippen LogP contribution is -2.68. The van der Waals surface area contributed by atoms with Gasteiger partial charge < -0.3 is 35.8 Å². The van der Waals surface area contributed by atoms with Gasteiger partial charge in [-0.1, -0.05) is 30.2 Å². The molecule has 3 aliphatic rings. The van der Waals surface area contributed by atoms with Crippen molar-refractivity contribution in [1.82, 2.24) is 4.90 Å². The van der Waals surface area contributed by atoms with Crippen LogP contribution in [0.1, 0.15) is 35.2 Å². The molecule has 12 heteroatoms. The summed E-state index contributed by atoms with van der Waals surface area (Å²) in [6, 6.07) is 2.95. The van der Waals surface area contributed by atoms with Crippen molar-refractivity contribution >= 4 is 28.6 Å². The third-order valence-electron chi connectivity index (χ3n) is 7.60. The Hall–Kier alpha value is -2.90. The van der Waals surface area contributed by atoms with Gasteiger partial charge in [-0.25, -0.2) is 0 Å². The van der Waals surface area contributed by atoms with Crippen LogP contribution in [0, 0.1) is 11.8 Å². The second-order valence-electron chi connectivity index (χ2n) is 9.92. The number of carbonyl (C=O) groups is 3. The van der Waals surface area contributed by atoms with Crippen LogP contribution in [0.2, 0.25) is 0 Å². The minimum absolute atomic E-state index is 0.0455. The van der Waals surface area contributed by atoms with Gasteiger partial charge in [0.15, 0.2) is 11.4 Å². The van der Waals surface area contributed by atoms with Gasteiger partial charge in [-0.2, -0.15) is 0 Å². The molecule has 0 bridgehead atoms. The first-order chi connectivity index (χ1) is 17.3. The van der Waals surface area contributed by atoms with E-state index in [0.717, 1.165) is 0 Å². The number of aliphatic hydroxyl groups is 4. The number of primary amides is 1. The highest BCUT2D eigenvalue weighted by molar-refractivity contribution is 7.91. The minimum atomic E-state index is -2.98. The molecular formula is C25H30N2O9S. The van der Waals surface area contributed by atoms with Crippen LogP contribution in [0.3, 0.4) is 0 Å². The predicted molar refractivity (Wildman–Crippen MR) is 132 cm³/mol. The lowest BCUT2D eigenvalue weighted by Gasteiger charge is -2.53. The average molecular weight is 535 g/mol. The van der Waals surface area contributed by atoms with Gasteiger partial charge in [-0.15, -0.1) is 0 Å². The number of aliphatic hydroxyl groups excluding tert-OH is 3. The van der Waals surface area contributed by atoms with Crippen LogP contribution in [-0.2, 0) is 20.8 Å². The third kappa shape index (κ3) is 3.77. The standard InChI is InChI=1S/C25H30N2O9S/c1-4-8-37(36)9-11-10-6-5-7-12(28)13(10)19(29)15-14(11)20(30)17-18(27(2)3)21(31)16(24(26)34)23(33)25(17,35)22(15)32/h5-7,11,14,17-18,20,28,30-32,35H,4,8-9H2,1-3H3,(H2,26,34)/t11-,14+,17+,18-,20-,25-,37?/m0/s1. The number of rotatable bonds is 6. The zero-order valence-corrected chi connectivity index (χ0v) is 21.4. The number of phenolic OH excluding ortho intramolecular Hbond substituents is 1. The van der Waals surface area contributed by atoms with Crippen LogP contribution in [-0.4, -0.2) is 95.8 Å². The molecule has 3 aliphatic carbocycles. The molecule has 0 fully saturated rings. The number of hydrogen-bond acceptors (Lipinski definition) is 10. The van der Waals surface area contributed by atoms with Crippen LogP contribution >= 0.6 is 0 Å². The summed E-state index contributed by atoms with van der Waals surface area (Å²) in [6.07, 6.45) is -1.13. The summed E-state index contributed by atoms with van der Waals surface area (Å²) < 4.78 is 12.9. The molecule has 7 atom stereocenters. The number of Topliss-reactive ketones (excluding diaryl/α,β-unsaturated/α-hetero) is 2. The fourth-order valence-electron chi connectivity index (χ4n) is 6.11. The van der Waals surface area contributed by atoms with E-state index < -0.39 is 92.6 Å². The Labute approximate surface area is 216 Å². The largest absolute Gasteiger partial charge is 0.616 e. The quantitative estimate of drug-likeness (QED) is 0.209. The van der Waals surface area contributed by atoms with Crippen molar-refractivity contribution in [3.63, 3.8) is 0 Å². The summed E-state index contributed by atoms with van der Waals surface area (Å²) in [5, 5.41) is 56.3. The molecule has 1 aromatic rings. The van der Waals surface area contributed by atoms with Crippen molar-refractivity contribution in [1.29, 1.82) is 0 Å². The monoisotopic (exact) mass is 534 g/mol. The van der Waals surface area contributed by atoms with Gasteiger partial charge in [-0.05, 0) is 32.1 Å². The SMILES string of the molecule is CCC[S+]([O-])C[C@H]1c2cccc(O)c2C(=O)C2=C(O)[C@]3(O)C(=O)C(C(N)=O)=C(O)[C@@H](N(C)C)[C@@H]3[C@@H](O)[C@@H]21. The van der Waals surface area contributed by atoms with Crippen LogP contribution in [0.25, 0.3) is 0 Å². The molecule has 0 radical (unpaired) electrons. The lowest BCUT2D eigenvalue weighted by molar-refractivity contribution is -0.162. The van der Waals surface area contributed by atoms with Gasteiger partial charge in [-0.3, -0.25) is 19.3 Å². The number of nitrogens with two attached hydrogens (primary N) is 1. The van der Waals surface area contributed by atoms with Crippen molar-refractivity contribution in [3.8, 4) is 5.75 Å². The van der Waals surface area contributed by atoms with Crippen LogP contribution in [0.5, 0.6) is 5.75 Å². The Balaban J connectivity index is 2.04. The minimum Gasteiger partial charge on any atom is -0.616 e. The number of amides is 1. The third-order valence-corrected chi connectivity index (χ3v) is 9.19. The Morgan fingerprint density at radius 2 is 1.86 bits per heavy atom. The first-order valence-electron chi connectivity index (χ1n) is 11.8. The predicted octanol–water partition coefficient (Wildman–Crippen LogP) is -0.209. The number of hydrogen-bond donors (Lipinski definition) is 6. The summed E-state index contributed by atoms with van der Waals surface area (Å²) in [7, 11) is 2.93. The van der Waals surface area contributed by atoms with E-state index in [0.29, 0.717) is 17.7 Å². The fourth-order valence-corrected chi connectivity index (χ4v) is 7.52. The maximum absolute atomic E-state index is 13.7. The van der Waals surface area contributed by atoms with Gasteiger partial charge in [0, 0.05) is 17.4 Å². The number of ketones is 2. The number of carbonyl (C=O) groups excluding carboxylic acids is 3. The number of phenols is 1. The molecular weight excluding hydrogens is 504 g/mol. The topological polar surface area (TPSA) is 205 Å². The second kappa shape index (κ2) is 9.44. The Morgan fingerprint density at radius 1 is 1.22 bits per heavy atom. The normalized spacial score (nSPS) is 32.2. The van der Waals surface area contributed by atoms with E-state index in [4.69, 9.17) is 5.73 Å². The smallest absolute Gasteiger partial charge is 0.255 e. The van der Waals surface area contributed by atoms with Crippen molar-refractivity contribution < 1.29 is 44.5 Å². The Morgan fingerprint density at radius 3 is 2.43 bits per heavy atom. The molecule has 0 saturated heterocycles. The fraction of sp³-hybridized carbons (Fsp3) is 0.480. The van der Waals surface area contributed by atoms with Gasteiger partial charge in [0.05, 0.1) is 23.6 Å². The van der Waals surface area contributed by atoms with Gasteiger partial charge in [0.2, 0.25) is 5.78 Å². The Bertz CT molecular complexity index is 1240. The summed E-state index contributed by atoms with van der Waals surface area (Å²) in [5.74, 6) is -9.48. The molecule has 1 unspecified atom stereocenters. The lowest BCUT2D eigenvalue weighted by atomic mass is 9.55. The number of nitrogens with zero attached hydrogens (tertiary/aromatic N) is 1. The molecule has 1 amide bonds. The van der Waals surface area contributed by atoms with E-state index in [1.807, 2.05) is 6.92 Å². The van der Waals surface area contributed by atoms with Gasteiger partial charge in [0.25, 0.3) is 5.91 Å². The van der Waals surface area contributed by atoms with Gasteiger partial charge >= 0.3 is 0 Å². The number of fused-ring (bicyclic) bond motifs is 3. The van der Waals surface area contributed by atoms with E-state index in [2.05, 4.69) is 0 Å². The average Bonchev–Trinajstić information content (AvgIpc) is 2.80. The van der Waals surface area contributed by atoms with Crippen molar-refractivity contribution in [2.24, 2.45) is 17.6 Å². The van der Waals surface area contributed by atoms with E-state index in [-0.39, 0.29) is 11.3 Å². The number of aromatic hydroxyl groups is 1. The van der Waals surface area contributed by atoms with Crippen LogP contribution in [0.15, 0.2) is 40.9 Å². The molecule has 0 spiro atoms. The van der Waals surface area contributed by atoms with Crippen molar-refractivity contribution in [2.75, 3.05) is 25.6 Å². The summed E-state index contributed by atoms with van der Waals surface area (Å²) in [5.41, 5.74) is 0.965. The zero-order valence-electron chi connectivity index (χ0n) is 20.5. The number of benzene rings is 1. The molecule has 0 heterocycles. The van der Waals surface area contributed by atoms with E-state index in [9.17, 15) is 44.5 Å². The maximum atomic E-state index is 13.7. The highest BCUT2D eigenvalue weighted by atomic mass is 32.2. The zero-order chi connectivity index (χ0) is 27.6. The molecule has 37 heavy (non-hydrogen) atoms. The van der Waals surface area contributed by atoms with Gasteiger partial charge in [0.1, 0.15) is 34.3 Å². The van der Waals surface area contributed by atoms with E-state index in [1.54, 1.807) is 6.07 Å². The van der Waals surface area contributed by atoms with Crippen LogP contribution in [0.4, 0.5) is 0 Å². The maximum Gasteiger partial charge on any atom is 0.255 e. The first-order valence-corrected chi connectivity index (χ1v) is 13.3. The van der Waals surface area contributed by atoms with E-state index >= 15 is 0 Å². The molecule has 1 aromatic carbocycles. The first kappa shape index (κ1) is 27.1. The molecule has 200 valence electrons. The highest BCUT2D eigenvalue weighted by Gasteiger charge is 2.67. The molecule has 7 N–H and O–H groups in total.